The van der Waals surface area contributed by atoms with E-state index in [4.69, 9.17) is 10.5 Å². The van der Waals surface area contributed by atoms with E-state index in [0.29, 0.717) is 6.42 Å². The predicted molar refractivity (Wildman–Crippen MR) is 170 cm³/mol. The van der Waals surface area contributed by atoms with Gasteiger partial charge in [0.05, 0.1) is 12.5 Å². The van der Waals surface area contributed by atoms with Crippen LogP contribution in [0.4, 0.5) is 0 Å². The first-order chi connectivity index (χ1) is 20.7. The van der Waals surface area contributed by atoms with Gasteiger partial charge in [0.1, 0.15) is 6.10 Å². The zero-order valence-corrected chi connectivity index (χ0v) is 27.4. The average Bonchev–Trinajstić information content (AvgIpc) is 2.96. The minimum absolute atomic E-state index is 0.151. The van der Waals surface area contributed by atoms with Gasteiger partial charge in [-0.3, -0.25) is 19.2 Å². The molecule has 0 aliphatic carbocycles. The second-order valence-corrected chi connectivity index (χ2v) is 12.6. The van der Waals surface area contributed by atoms with E-state index < -0.39 is 60.3 Å². The molecule has 0 radical (unpaired) electrons. The smallest absolute Gasteiger partial charge is 0.332 e. The molecule has 0 aromatic heterocycles. The van der Waals surface area contributed by atoms with Crippen LogP contribution in [0.15, 0.2) is 24.4 Å². The van der Waals surface area contributed by atoms with E-state index in [2.05, 4.69) is 31.1 Å². The lowest BCUT2D eigenvalue weighted by atomic mass is 9.88. The van der Waals surface area contributed by atoms with Gasteiger partial charge in [-0.25, -0.2) is 4.79 Å². The molecule has 44 heavy (non-hydrogen) atoms. The number of allylic oxidation sites excluding steroid dienone is 1. The molecule has 11 heteroatoms. The molecule has 0 bridgehead atoms. The van der Waals surface area contributed by atoms with Gasteiger partial charge in [0.2, 0.25) is 23.6 Å². The largest absolute Gasteiger partial charge is 0.460 e. The number of hydrogen-bond donors (Lipinski definition) is 4. The summed E-state index contributed by atoms with van der Waals surface area (Å²) in [6.07, 6.45) is 13.2. The molecule has 5 N–H and O–H groups in total. The fourth-order valence-electron chi connectivity index (χ4n) is 5.22. The molecule has 1 heterocycles. The second kappa shape index (κ2) is 20.7. The molecule has 4 amide bonds. The molecule has 1 aliphatic heterocycles. The SMILES string of the molecule is C=C1/C=C\C(=O)N(C)CC(=O)NC(C(O)C(N)=O)C(=O)OC(C(C)CCCCCCCCCCCCC(C)C)C(C)C(=O)N1. The van der Waals surface area contributed by atoms with Crippen LogP contribution in [-0.2, 0) is 28.7 Å². The normalized spacial score (nSPS) is 22.8. The molecule has 0 aromatic carbocycles. The Morgan fingerprint density at radius 2 is 1.50 bits per heavy atom. The first kappa shape index (κ1) is 38.8. The van der Waals surface area contributed by atoms with Gasteiger partial charge < -0.3 is 31.1 Å². The molecule has 0 spiro atoms. The summed E-state index contributed by atoms with van der Waals surface area (Å²) in [5.41, 5.74) is 5.38. The van der Waals surface area contributed by atoms with E-state index >= 15 is 0 Å². The number of carbonyl (C=O) groups is 5. The lowest BCUT2D eigenvalue weighted by molar-refractivity contribution is -0.165. The number of hydrogen-bond acceptors (Lipinski definition) is 7. The Morgan fingerprint density at radius 3 is 2.02 bits per heavy atom. The maximum absolute atomic E-state index is 13.3. The van der Waals surface area contributed by atoms with Gasteiger partial charge in [-0.05, 0) is 24.3 Å². The van der Waals surface area contributed by atoms with Crippen LogP contribution in [0.2, 0.25) is 0 Å². The van der Waals surface area contributed by atoms with Crippen molar-refractivity contribution in [2.45, 2.75) is 123 Å². The van der Waals surface area contributed by atoms with E-state index in [1.807, 2.05) is 6.92 Å². The number of rotatable bonds is 16. The number of nitrogens with one attached hydrogen (secondary N) is 2. The van der Waals surface area contributed by atoms with Crippen molar-refractivity contribution in [2.24, 2.45) is 23.5 Å². The van der Waals surface area contributed by atoms with E-state index in [9.17, 15) is 29.1 Å². The molecule has 0 saturated carbocycles. The number of unbranched alkanes of at least 4 members (excludes halogenated alkanes) is 9. The molecular formula is C33H56N4O7. The van der Waals surface area contributed by atoms with Crippen LogP contribution in [0.5, 0.6) is 0 Å². The summed E-state index contributed by atoms with van der Waals surface area (Å²) in [6, 6.07) is -1.82. The molecule has 1 aliphatic rings. The van der Waals surface area contributed by atoms with Crippen molar-refractivity contribution >= 4 is 29.6 Å². The number of aliphatic hydroxyl groups excluding tert-OH is 1. The number of esters is 1. The van der Waals surface area contributed by atoms with E-state index in [1.54, 1.807) is 6.92 Å². The number of nitrogens with zero attached hydrogens (tertiary/aromatic N) is 1. The van der Waals surface area contributed by atoms with Crippen LogP contribution in [0, 0.1) is 17.8 Å². The van der Waals surface area contributed by atoms with Gasteiger partial charge in [-0.1, -0.05) is 105 Å². The van der Waals surface area contributed by atoms with Crippen molar-refractivity contribution in [3.8, 4) is 0 Å². The first-order valence-electron chi connectivity index (χ1n) is 16.1. The van der Waals surface area contributed by atoms with E-state index in [0.717, 1.165) is 42.6 Å². The van der Waals surface area contributed by atoms with E-state index in [1.165, 1.54) is 58.1 Å². The number of cyclic esters (lactones) is 1. The van der Waals surface area contributed by atoms with Crippen molar-refractivity contribution in [3.05, 3.63) is 24.4 Å². The fourth-order valence-corrected chi connectivity index (χ4v) is 5.22. The number of nitrogens with two attached hydrogens (primary N) is 1. The maximum Gasteiger partial charge on any atom is 0.332 e. The number of amides is 4. The van der Waals surface area contributed by atoms with Gasteiger partial charge in [-0.2, -0.15) is 0 Å². The van der Waals surface area contributed by atoms with Crippen LogP contribution in [-0.4, -0.2) is 71.4 Å². The summed E-state index contributed by atoms with van der Waals surface area (Å²) in [5, 5.41) is 15.2. The van der Waals surface area contributed by atoms with Crippen LogP contribution in [0.1, 0.15) is 105 Å². The average molecular weight is 621 g/mol. The maximum atomic E-state index is 13.3. The first-order valence-corrected chi connectivity index (χ1v) is 16.1. The molecular weight excluding hydrogens is 564 g/mol. The van der Waals surface area contributed by atoms with Gasteiger partial charge in [0.15, 0.2) is 12.1 Å². The highest BCUT2D eigenvalue weighted by Gasteiger charge is 2.39. The number of primary amides is 1. The van der Waals surface area contributed by atoms with Crippen molar-refractivity contribution in [2.75, 3.05) is 13.6 Å². The Balaban J connectivity index is 2.86. The highest BCUT2D eigenvalue weighted by molar-refractivity contribution is 5.95. The van der Waals surface area contributed by atoms with Gasteiger partial charge >= 0.3 is 5.97 Å². The Bertz CT molecular complexity index is 997. The Kier molecular flexibility index (Phi) is 18.3. The topological polar surface area (TPSA) is 168 Å². The summed E-state index contributed by atoms with van der Waals surface area (Å²) in [6.45, 7) is 11.3. The lowest BCUT2D eigenvalue weighted by Crippen LogP contribution is -2.57. The fraction of sp³-hybridized carbons (Fsp3) is 0.727. The Labute approximate surface area is 263 Å². The quantitative estimate of drug-likeness (QED) is 0.151. The molecule has 250 valence electrons. The molecule has 0 fully saturated rings. The lowest BCUT2D eigenvalue weighted by Gasteiger charge is -2.31. The number of ether oxygens (including phenoxy) is 1. The number of likely N-dealkylation sites (N-methyl/N-ethyl adjacent to an activating group) is 1. The predicted octanol–water partition coefficient (Wildman–Crippen LogP) is 3.50. The Morgan fingerprint density at radius 1 is 0.977 bits per heavy atom. The third kappa shape index (κ3) is 15.0. The number of aliphatic hydroxyl groups is 1. The van der Waals surface area contributed by atoms with E-state index in [-0.39, 0.29) is 11.6 Å². The summed E-state index contributed by atoms with van der Waals surface area (Å²) in [4.78, 5) is 64.2. The van der Waals surface area contributed by atoms with Gasteiger partial charge in [0, 0.05) is 18.8 Å². The molecule has 5 atom stereocenters. The standard InChI is InChI=1S/C33H56N4O7/c1-22(2)17-15-13-11-9-7-8-10-12-14-16-18-23(3)30-25(5)32(42)35-24(4)19-20-27(39)37(6)21-26(38)36-28(33(43)44-30)29(40)31(34)41/h19-20,22-23,25,28-30,40H,4,7-18,21H2,1-3,5-6H3,(H2,34,41)(H,35,42)(H,36,38)/b20-19-. The Hall–Kier alpha value is -3.21. The number of carbonyl (C=O) groups excluding carboxylic acids is 5. The summed E-state index contributed by atoms with van der Waals surface area (Å²) in [7, 11) is 1.35. The van der Waals surface area contributed by atoms with Crippen molar-refractivity contribution < 1.29 is 33.8 Å². The van der Waals surface area contributed by atoms with Crippen LogP contribution in [0.25, 0.3) is 0 Å². The summed E-state index contributed by atoms with van der Waals surface area (Å²) < 4.78 is 5.74. The third-order valence-electron chi connectivity index (χ3n) is 8.06. The molecule has 11 nitrogen and oxygen atoms in total. The second-order valence-electron chi connectivity index (χ2n) is 12.6. The van der Waals surface area contributed by atoms with Gasteiger partial charge in [0.25, 0.3) is 0 Å². The zero-order valence-electron chi connectivity index (χ0n) is 27.4. The van der Waals surface area contributed by atoms with Crippen LogP contribution < -0.4 is 16.4 Å². The van der Waals surface area contributed by atoms with Crippen LogP contribution >= 0.6 is 0 Å². The monoisotopic (exact) mass is 620 g/mol. The van der Waals surface area contributed by atoms with Crippen molar-refractivity contribution in [1.29, 1.82) is 0 Å². The van der Waals surface area contributed by atoms with Crippen molar-refractivity contribution in [3.63, 3.8) is 0 Å². The van der Waals surface area contributed by atoms with Crippen molar-refractivity contribution in [1.82, 2.24) is 15.5 Å². The summed E-state index contributed by atoms with van der Waals surface area (Å²) >= 11 is 0. The minimum atomic E-state index is -2.08. The third-order valence-corrected chi connectivity index (χ3v) is 8.06. The molecule has 1 rings (SSSR count). The highest BCUT2D eigenvalue weighted by atomic mass is 16.5. The highest BCUT2D eigenvalue weighted by Crippen LogP contribution is 2.25. The molecule has 5 unspecified atom stereocenters. The molecule has 0 saturated heterocycles. The molecule has 0 aromatic rings. The zero-order chi connectivity index (χ0) is 33.2. The van der Waals surface area contributed by atoms with Crippen LogP contribution in [0.3, 0.4) is 0 Å². The van der Waals surface area contributed by atoms with Gasteiger partial charge in [-0.15, -0.1) is 0 Å². The minimum Gasteiger partial charge on any atom is -0.460 e. The summed E-state index contributed by atoms with van der Waals surface area (Å²) in [5.74, 6) is -4.56.